The molecule has 4 N–H and O–H groups in total. The van der Waals surface area contributed by atoms with Crippen molar-refractivity contribution in [2.24, 2.45) is 0 Å². The van der Waals surface area contributed by atoms with E-state index in [1.165, 1.54) is 10.6 Å². The molecule has 8 nitrogen and oxygen atoms in total. The Morgan fingerprint density at radius 2 is 2.05 bits per heavy atom. The molecule has 0 saturated heterocycles. The molecule has 2 aromatic heterocycles. The number of nitrogens with zero attached hydrogens (tertiary/aromatic N) is 2. The molecule has 0 amide bonds. The third-order valence-corrected chi connectivity index (χ3v) is 3.60. The van der Waals surface area contributed by atoms with E-state index in [0.29, 0.717) is 12.1 Å². The van der Waals surface area contributed by atoms with Crippen molar-refractivity contribution in [2.45, 2.75) is 18.9 Å². The number of aromatic nitrogens is 2. The van der Waals surface area contributed by atoms with Crippen molar-refractivity contribution >= 4 is 24.6 Å². The summed E-state index contributed by atoms with van der Waals surface area (Å²) in [6, 6.07) is 3.24. The number of fused-ring (bicyclic) bond motifs is 1. The molecule has 0 bridgehead atoms. The van der Waals surface area contributed by atoms with Crippen LogP contribution in [0, 0.1) is 0 Å². The quantitative estimate of drug-likeness (QED) is 0.548. The third-order valence-electron chi connectivity index (χ3n) is 2.79. The molecule has 2 rings (SSSR count). The van der Waals surface area contributed by atoms with E-state index in [4.69, 9.17) is 14.9 Å². The number of hydrogen-bond donors (Lipinski definition) is 4. The first-order valence-corrected chi connectivity index (χ1v) is 7.33. The summed E-state index contributed by atoms with van der Waals surface area (Å²) in [5.74, 6) is -1.28. The summed E-state index contributed by atoms with van der Waals surface area (Å²) in [4.78, 5) is 32.4. The van der Waals surface area contributed by atoms with Crippen molar-refractivity contribution in [2.75, 3.05) is 0 Å². The SMILES string of the molecule is O=C(O)C(O)CCc1ccc2nc(P(=O)(O)O)cn2c1. The number of aliphatic hydroxyl groups excluding tert-OH is 1. The number of imidazole rings is 1. The van der Waals surface area contributed by atoms with Gasteiger partial charge < -0.3 is 24.4 Å². The second kappa shape index (κ2) is 5.34. The monoisotopic (exact) mass is 300 g/mol. The summed E-state index contributed by atoms with van der Waals surface area (Å²) in [5.41, 5.74) is 0.790. The smallest absolute Gasteiger partial charge is 0.376 e. The van der Waals surface area contributed by atoms with Gasteiger partial charge in [0.2, 0.25) is 0 Å². The minimum Gasteiger partial charge on any atom is -0.479 e. The summed E-state index contributed by atoms with van der Waals surface area (Å²) >= 11 is 0. The second-order valence-electron chi connectivity index (χ2n) is 4.34. The molecular weight excluding hydrogens is 287 g/mol. The number of carboxylic acid groups (broad SMARTS) is 1. The number of rotatable bonds is 5. The van der Waals surface area contributed by atoms with Crippen molar-refractivity contribution in [3.63, 3.8) is 0 Å². The molecule has 0 aliphatic rings. The summed E-state index contributed by atoms with van der Waals surface area (Å²) < 4.78 is 12.6. The molecular formula is C11H13N2O6P. The topological polar surface area (TPSA) is 132 Å². The summed E-state index contributed by atoms with van der Waals surface area (Å²) in [6.45, 7) is 0. The zero-order valence-corrected chi connectivity index (χ0v) is 11.1. The fourth-order valence-corrected chi connectivity index (χ4v) is 2.25. The molecule has 0 aliphatic heterocycles. The van der Waals surface area contributed by atoms with Crippen LogP contribution in [0.15, 0.2) is 24.5 Å². The first kappa shape index (κ1) is 14.7. The van der Waals surface area contributed by atoms with Gasteiger partial charge in [0.15, 0.2) is 11.5 Å². The molecule has 0 aromatic carbocycles. The molecule has 2 aromatic rings. The Morgan fingerprint density at radius 3 is 2.65 bits per heavy atom. The van der Waals surface area contributed by atoms with E-state index in [9.17, 15) is 14.5 Å². The van der Waals surface area contributed by atoms with E-state index >= 15 is 0 Å². The molecule has 2 heterocycles. The van der Waals surface area contributed by atoms with Crippen molar-refractivity contribution < 1.29 is 29.4 Å². The lowest BCUT2D eigenvalue weighted by atomic mass is 10.1. The molecule has 20 heavy (non-hydrogen) atoms. The van der Waals surface area contributed by atoms with Crippen molar-refractivity contribution in [3.05, 3.63) is 30.1 Å². The lowest BCUT2D eigenvalue weighted by Gasteiger charge is -2.05. The highest BCUT2D eigenvalue weighted by molar-refractivity contribution is 7.60. The molecule has 108 valence electrons. The summed E-state index contributed by atoms with van der Waals surface area (Å²) in [7, 11) is -4.40. The van der Waals surface area contributed by atoms with E-state index in [1.807, 2.05) is 0 Å². The highest BCUT2D eigenvalue weighted by Crippen LogP contribution is 2.32. The lowest BCUT2D eigenvalue weighted by Crippen LogP contribution is -2.19. The second-order valence-corrected chi connectivity index (χ2v) is 5.88. The molecule has 0 spiro atoms. The lowest BCUT2D eigenvalue weighted by molar-refractivity contribution is -0.146. The van der Waals surface area contributed by atoms with Crippen LogP contribution in [0.5, 0.6) is 0 Å². The Bertz CT molecular complexity index is 691. The van der Waals surface area contributed by atoms with E-state index in [2.05, 4.69) is 4.98 Å². The van der Waals surface area contributed by atoms with Gasteiger partial charge in [-0.3, -0.25) is 4.57 Å². The Kier molecular flexibility index (Phi) is 3.92. The zero-order chi connectivity index (χ0) is 14.9. The highest BCUT2D eigenvalue weighted by atomic mass is 31.2. The van der Waals surface area contributed by atoms with Gasteiger partial charge >= 0.3 is 13.6 Å². The fourth-order valence-electron chi connectivity index (χ4n) is 1.74. The maximum atomic E-state index is 11.1. The maximum Gasteiger partial charge on any atom is 0.376 e. The van der Waals surface area contributed by atoms with Crippen LogP contribution in [0.25, 0.3) is 5.65 Å². The minimum atomic E-state index is -4.40. The Hall–Kier alpha value is -1.73. The van der Waals surface area contributed by atoms with E-state index in [0.717, 1.165) is 5.56 Å². The molecule has 9 heteroatoms. The summed E-state index contributed by atoms with van der Waals surface area (Å²) in [5, 5.41) is 17.8. The first-order chi connectivity index (χ1) is 9.27. The number of carboxylic acids is 1. The molecule has 0 aliphatic carbocycles. The van der Waals surface area contributed by atoms with Gasteiger partial charge in [0.05, 0.1) is 0 Å². The van der Waals surface area contributed by atoms with Crippen LogP contribution in [0.2, 0.25) is 0 Å². The Balaban J connectivity index is 2.21. The van der Waals surface area contributed by atoms with Crippen LogP contribution in [0.4, 0.5) is 0 Å². The van der Waals surface area contributed by atoms with Gasteiger partial charge in [0, 0.05) is 12.4 Å². The van der Waals surface area contributed by atoms with Crippen LogP contribution in [-0.4, -0.2) is 41.5 Å². The van der Waals surface area contributed by atoms with Gasteiger partial charge in [0.25, 0.3) is 0 Å². The highest BCUT2D eigenvalue weighted by Gasteiger charge is 2.21. The Morgan fingerprint density at radius 1 is 1.35 bits per heavy atom. The third kappa shape index (κ3) is 3.23. The van der Waals surface area contributed by atoms with Crippen molar-refractivity contribution in [3.8, 4) is 0 Å². The van der Waals surface area contributed by atoms with E-state index < -0.39 is 19.7 Å². The number of pyridine rings is 1. The van der Waals surface area contributed by atoms with Gasteiger partial charge in [-0.1, -0.05) is 6.07 Å². The van der Waals surface area contributed by atoms with Gasteiger partial charge in [-0.05, 0) is 24.5 Å². The van der Waals surface area contributed by atoms with Crippen LogP contribution in [-0.2, 0) is 15.8 Å². The normalized spacial score (nSPS) is 13.6. The zero-order valence-electron chi connectivity index (χ0n) is 10.2. The molecule has 1 unspecified atom stereocenters. The van der Waals surface area contributed by atoms with Crippen LogP contribution in [0.3, 0.4) is 0 Å². The predicted molar refractivity (Wildman–Crippen MR) is 68.8 cm³/mol. The van der Waals surface area contributed by atoms with Gasteiger partial charge in [-0.25, -0.2) is 9.78 Å². The molecule has 0 saturated carbocycles. The number of aliphatic carboxylic acids is 1. The van der Waals surface area contributed by atoms with Crippen LogP contribution < -0.4 is 5.44 Å². The Labute approximate surface area is 113 Å². The maximum absolute atomic E-state index is 11.1. The number of carbonyl (C=O) groups is 1. The van der Waals surface area contributed by atoms with Crippen LogP contribution >= 0.6 is 7.60 Å². The van der Waals surface area contributed by atoms with Crippen molar-refractivity contribution in [1.82, 2.24) is 9.38 Å². The minimum absolute atomic E-state index is 0.0564. The average Bonchev–Trinajstić information content (AvgIpc) is 2.78. The number of aryl methyl sites for hydroxylation is 1. The fraction of sp³-hybridized carbons (Fsp3) is 0.273. The van der Waals surface area contributed by atoms with Gasteiger partial charge in [-0.2, -0.15) is 0 Å². The van der Waals surface area contributed by atoms with Gasteiger partial charge in [-0.15, -0.1) is 0 Å². The van der Waals surface area contributed by atoms with E-state index in [-0.39, 0.29) is 11.9 Å². The molecule has 0 fully saturated rings. The van der Waals surface area contributed by atoms with Crippen LogP contribution in [0.1, 0.15) is 12.0 Å². The first-order valence-electron chi connectivity index (χ1n) is 5.72. The molecule has 0 radical (unpaired) electrons. The number of aliphatic hydroxyl groups is 1. The average molecular weight is 300 g/mol. The van der Waals surface area contributed by atoms with E-state index in [1.54, 1.807) is 18.3 Å². The standard InChI is InChI=1S/C11H13N2O6P/c14-8(11(15)16)3-1-7-2-4-9-12-10(20(17,18)19)6-13(9)5-7/h2,4-6,8,14H,1,3H2,(H,15,16)(H2,17,18,19). The largest absolute Gasteiger partial charge is 0.479 e. The molecule has 1 atom stereocenters. The van der Waals surface area contributed by atoms with Crippen molar-refractivity contribution in [1.29, 1.82) is 0 Å². The predicted octanol–water partition coefficient (Wildman–Crippen LogP) is -0.485. The van der Waals surface area contributed by atoms with Gasteiger partial charge in [0.1, 0.15) is 5.65 Å². The summed E-state index contributed by atoms with van der Waals surface area (Å²) in [6.07, 6.45) is 1.77. The number of hydrogen-bond acceptors (Lipinski definition) is 4.